The van der Waals surface area contributed by atoms with Gasteiger partial charge in [-0.1, -0.05) is 23.5 Å². The van der Waals surface area contributed by atoms with Gasteiger partial charge < -0.3 is 34.3 Å². The molecule has 0 aliphatic carbocycles. The molecule has 54 heavy (non-hydrogen) atoms. The largest absolute Gasteiger partial charge is 0.491 e. The Balaban J connectivity index is 0.793. The van der Waals surface area contributed by atoms with E-state index in [-0.39, 0.29) is 0 Å². The number of hydrogen-bond acceptors (Lipinski definition) is 13. The van der Waals surface area contributed by atoms with E-state index in [1.807, 2.05) is 72.7 Å². The second-order valence-electron chi connectivity index (χ2n) is 11.9. The van der Waals surface area contributed by atoms with Crippen LogP contribution in [0, 0.1) is 18.3 Å². The first kappa shape index (κ1) is 36.8. The van der Waals surface area contributed by atoms with E-state index < -0.39 is 0 Å². The van der Waals surface area contributed by atoms with Crippen molar-refractivity contribution in [2.45, 2.75) is 13.5 Å². The lowest BCUT2D eigenvalue weighted by atomic mass is 10.1. The van der Waals surface area contributed by atoms with Crippen LogP contribution in [0.5, 0.6) is 11.5 Å². The minimum absolute atomic E-state index is 0.365. The van der Waals surface area contributed by atoms with Crippen LogP contribution >= 0.6 is 22.7 Å². The molecule has 0 spiro atoms. The summed E-state index contributed by atoms with van der Waals surface area (Å²) in [6.07, 6.45) is 4.50. The van der Waals surface area contributed by atoms with E-state index in [1.54, 1.807) is 34.8 Å². The van der Waals surface area contributed by atoms with Crippen molar-refractivity contribution in [2.75, 3.05) is 65.2 Å². The molecule has 0 fully saturated rings. The van der Waals surface area contributed by atoms with Gasteiger partial charge in [0.05, 0.1) is 77.6 Å². The highest BCUT2D eigenvalue weighted by Crippen LogP contribution is 2.35. The molecule has 2 aromatic carbocycles. The van der Waals surface area contributed by atoms with Crippen LogP contribution in [0.3, 0.4) is 0 Å². The van der Waals surface area contributed by atoms with Gasteiger partial charge in [-0.3, -0.25) is 13.6 Å². The lowest BCUT2D eigenvalue weighted by molar-refractivity contribution is -0.109. The van der Waals surface area contributed by atoms with E-state index in [2.05, 4.69) is 26.1 Å². The number of imidazole rings is 2. The monoisotopic (exact) mass is 766 g/mol. The first-order valence-corrected chi connectivity index (χ1v) is 19.0. The molecule has 2 N–H and O–H groups in total. The number of aryl methyl sites for hydroxylation is 1. The molecule has 0 aliphatic heterocycles. The minimum Gasteiger partial charge on any atom is -0.491 e. The van der Waals surface area contributed by atoms with Crippen molar-refractivity contribution < 1.29 is 28.5 Å². The Hall–Kier alpha value is -5.57. The van der Waals surface area contributed by atoms with Gasteiger partial charge in [0.2, 0.25) is 6.41 Å². The average Bonchev–Trinajstić information content (AvgIpc) is 3.97. The van der Waals surface area contributed by atoms with Crippen molar-refractivity contribution in [1.82, 2.24) is 29.1 Å². The van der Waals surface area contributed by atoms with Gasteiger partial charge in [-0.25, -0.2) is 15.0 Å². The molecule has 0 aliphatic rings. The molecule has 0 radical (unpaired) electrons. The Morgan fingerprint density at radius 1 is 0.907 bits per heavy atom. The Morgan fingerprint density at radius 3 is 2.41 bits per heavy atom. The third kappa shape index (κ3) is 8.30. The Bertz CT molecular complexity index is 2410. The molecular formula is C38H38N8O6S2. The summed E-state index contributed by atoms with van der Waals surface area (Å²) in [7, 11) is 1.84. The van der Waals surface area contributed by atoms with Crippen LogP contribution in [-0.4, -0.2) is 90.1 Å². The zero-order valence-electron chi connectivity index (χ0n) is 29.7. The van der Waals surface area contributed by atoms with Gasteiger partial charge in [0.1, 0.15) is 47.6 Å². The molecular weight excluding hydrogens is 729 g/mol. The molecule has 0 unspecified atom stereocenters. The summed E-state index contributed by atoms with van der Waals surface area (Å²) in [5.41, 5.74) is 8.43. The van der Waals surface area contributed by atoms with Crippen molar-refractivity contribution in [3.8, 4) is 39.4 Å². The molecule has 0 saturated carbocycles. The Kier molecular flexibility index (Phi) is 11.9. The molecule has 7 aromatic rings. The van der Waals surface area contributed by atoms with Crippen molar-refractivity contribution in [3.05, 3.63) is 83.3 Å². The summed E-state index contributed by atoms with van der Waals surface area (Å²) >= 11 is 3.16. The molecule has 5 heterocycles. The lowest BCUT2D eigenvalue weighted by Crippen LogP contribution is -2.15. The minimum atomic E-state index is 0.365. The molecule has 7 rings (SSSR count). The normalized spacial score (nSPS) is 11.4. The number of hydrogen-bond donors (Lipinski definition) is 2. The van der Waals surface area contributed by atoms with E-state index in [9.17, 15) is 10.1 Å². The molecule has 16 heteroatoms. The first-order chi connectivity index (χ1) is 26.6. The number of anilines is 1. The average molecular weight is 767 g/mol. The van der Waals surface area contributed by atoms with Gasteiger partial charge in [0.25, 0.3) is 0 Å². The highest BCUT2D eigenvalue weighted by Gasteiger charge is 2.18. The van der Waals surface area contributed by atoms with Gasteiger partial charge >= 0.3 is 0 Å². The molecule has 278 valence electrons. The topological polar surface area (TPSA) is 159 Å². The maximum atomic E-state index is 10.8. The summed E-state index contributed by atoms with van der Waals surface area (Å²) in [6, 6.07) is 17.6. The maximum Gasteiger partial charge on any atom is 0.207 e. The van der Waals surface area contributed by atoms with Crippen LogP contribution in [0.1, 0.15) is 16.8 Å². The van der Waals surface area contributed by atoms with Crippen LogP contribution < -0.4 is 20.1 Å². The SMILES string of the molecule is CNc1c(-c2cn3c(n2)sc2cc(OCCOCCOCCOCCOc4cc(-c5scnc5C)ccc4CNC=O)ccc23)nc2cc(C#N)ccn12. The predicted molar refractivity (Wildman–Crippen MR) is 208 cm³/mol. The summed E-state index contributed by atoms with van der Waals surface area (Å²) in [5.74, 6) is 2.27. The van der Waals surface area contributed by atoms with Gasteiger partial charge in [0.15, 0.2) is 4.96 Å². The van der Waals surface area contributed by atoms with E-state index in [0.29, 0.717) is 82.8 Å². The quantitative estimate of drug-likeness (QED) is 0.0697. The van der Waals surface area contributed by atoms with E-state index in [4.69, 9.17) is 33.7 Å². The first-order valence-electron chi connectivity index (χ1n) is 17.3. The number of nitrogens with one attached hydrogen (secondary N) is 2. The number of nitrogens with zero attached hydrogens (tertiary/aromatic N) is 6. The van der Waals surface area contributed by atoms with Crippen LogP contribution in [0.2, 0.25) is 0 Å². The van der Waals surface area contributed by atoms with Crippen LogP contribution in [-0.2, 0) is 25.5 Å². The Labute approximate surface area is 318 Å². The van der Waals surface area contributed by atoms with Crippen LogP contribution in [0.25, 0.3) is 42.7 Å². The molecule has 1 amide bonds. The number of carbonyl (C=O) groups excluding carboxylic acids is 1. The van der Waals surface area contributed by atoms with Crippen molar-refractivity contribution in [2.24, 2.45) is 0 Å². The summed E-state index contributed by atoms with van der Waals surface area (Å²) < 4.78 is 34.0. The van der Waals surface area contributed by atoms with Gasteiger partial charge in [-0.05, 0) is 48.9 Å². The van der Waals surface area contributed by atoms with Gasteiger partial charge in [0, 0.05) is 31.5 Å². The molecule has 5 aromatic heterocycles. The summed E-state index contributed by atoms with van der Waals surface area (Å²) in [6.45, 7) is 5.75. The fourth-order valence-electron chi connectivity index (χ4n) is 5.89. The number of pyridine rings is 1. The van der Waals surface area contributed by atoms with Crippen LogP contribution in [0.15, 0.2) is 66.4 Å². The number of carbonyl (C=O) groups is 1. The van der Waals surface area contributed by atoms with Crippen LogP contribution in [0.4, 0.5) is 5.82 Å². The number of aromatic nitrogens is 5. The second-order valence-corrected chi connectivity index (χ2v) is 13.8. The number of nitriles is 1. The number of thiazole rings is 2. The molecule has 0 bridgehead atoms. The summed E-state index contributed by atoms with van der Waals surface area (Å²) in [5, 5.41) is 15.2. The van der Waals surface area contributed by atoms with E-state index in [0.717, 1.165) is 59.8 Å². The number of benzene rings is 2. The fourth-order valence-corrected chi connectivity index (χ4v) is 7.73. The second kappa shape index (κ2) is 17.5. The summed E-state index contributed by atoms with van der Waals surface area (Å²) in [4.78, 5) is 26.7. The van der Waals surface area contributed by atoms with Gasteiger partial charge in [-0.2, -0.15) is 5.26 Å². The highest BCUT2D eigenvalue weighted by atomic mass is 32.1. The third-order valence-corrected chi connectivity index (χ3v) is 10.5. The van der Waals surface area contributed by atoms with Crippen molar-refractivity contribution >= 4 is 55.7 Å². The Morgan fingerprint density at radius 2 is 1.69 bits per heavy atom. The standard InChI is InChI=1S/C38H38N8O6S2/c1-25-36(53-24-42-25)27-3-4-28(21-41-23-47)32(18-27)52-16-14-50-12-10-48-9-11-49-13-15-51-29-5-6-31-33(19-29)54-38-43-30(22-46(31)38)35-37(40-2)45-8-7-26(20-39)17-34(45)44-35/h3-8,17-19,22-24,40H,9-16,21H2,1-2H3,(H,41,47). The molecule has 0 saturated heterocycles. The van der Waals surface area contributed by atoms with Crippen molar-refractivity contribution in [3.63, 3.8) is 0 Å². The number of fused-ring (bicyclic) bond motifs is 4. The van der Waals surface area contributed by atoms with Crippen molar-refractivity contribution in [1.29, 1.82) is 5.26 Å². The number of rotatable bonds is 20. The highest BCUT2D eigenvalue weighted by molar-refractivity contribution is 7.23. The molecule has 0 atom stereocenters. The zero-order valence-corrected chi connectivity index (χ0v) is 31.4. The fraction of sp³-hybridized carbons (Fsp3) is 0.289. The molecule has 14 nitrogen and oxygen atoms in total. The predicted octanol–water partition coefficient (Wildman–Crippen LogP) is 5.96. The smallest absolute Gasteiger partial charge is 0.207 e. The third-order valence-electron chi connectivity index (χ3n) is 8.48. The van der Waals surface area contributed by atoms with E-state index >= 15 is 0 Å². The lowest BCUT2D eigenvalue weighted by Gasteiger charge is -2.13. The van der Waals surface area contributed by atoms with Gasteiger partial charge in [-0.15, -0.1) is 11.3 Å². The van der Waals surface area contributed by atoms with E-state index in [1.165, 1.54) is 0 Å². The number of ether oxygens (including phenoxy) is 5. The maximum absolute atomic E-state index is 10.8. The number of amides is 1. The zero-order chi connectivity index (χ0) is 37.3.